The van der Waals surface area contributed by atoms with E-state index in [0.29, 0.717) is 0 Å². The quantitative estimate of drug-likeness (QED) is 0.702. The molecule has 1 heteroatoms. The topological polar surface area (TPSA) is 0 Å². The monoisotopic (exact) mass is 277 g/mol. The van der Waals surface area contributed by atoms with Crippen LogP contribution >= 0.6 is 0 Å². The summed E-state index contributed by atoms with van der Waals surface area (Å²) in [5, 5.41) is 2.87. The number of rotatable bonds is 1. The van der Waals surface area contributed by atoms with Crippen molar-refractivity contribution in [1.82, 2.24) is 0 Å². The first kappa shape index (κ1) is 9.07. The Hall–Kier alpha value is -0.501. The number of fused-ring (bicyclic) bond motifs is 1. The molecule has 0 spiro atoms. The fourth-order valence-electron chi connectivity index (χ4n) is 1.66. The van der Waals surface area contributed by atoms with Crippen LogP contribution in [0.2, 0.25) is 9.88 Å². The molecule has 13 heavy (non-hydrogen) atoms. The van der Waals surface area contributed by atoms with Gasteiger partial charge in [-0.25, -0.2) is 0 Å². The van der Waals surface area contributed by atoms with Crippen molar-refractivity contribution in [3.63, 3.8) is 0 Å². The van der Waals surface area contributed by atoms with Crippen molar-refractivity contribution in [3.8, 4) is 0 Å². The van der Waals surface area contributed by atoms with Gasteiger partial charge in [0.15, 0.2) is 0 Å². The zero-order valence-electron chi connectivity index (χ0n) is 8.04. The van der Waals surface area contributed by atoms with Crippen LogP contribution in [0, 0.1) is 0 Å². The first-order valence-corrected chi connectivity index (χ1v) is 11.7. The van der Waals surface area contributed by atoms with Crippen molar-refractivity contribution in [2.45, 2.75) is 9.88 Å². The third-order valence-electron chi connectivity index (χ3n) is 2.33. The molecule has 0 amide bonds. The molecule has 0 saturated heterocycles. The fraction of sp³-hybridized carbons (Fsp3) is 0.167. The molecule has 0 N–H and O–H groups in total. The summed E-state index contributed by atoms with van der Waals surface area (Å²) < 4.78 is 1.64. The van der Waals surface area contributed by atoms with Crippen LogP contribution in [0.25, 0.3) is 10.8 Å². The summed E-state index contributed by atoms with van der Waals surface area (Å²) >= 11 is -1.21. The fourth-order valence-corrected chi connectivity index (χ4v) is 5.07. The summed E-state index contributed by atoms with van der Waals surface area (Å²) in [6.07, 6.45) is 0. The summed E-state index contributed by atoms with van der Waals surface area (Å²) in [5.74, 6) is 0. The van der Waals surface area contributed by atoms with Crippen molar-refractivity contribution >= 4 is 34.1 Å². The van der Waals surface area contributed by atoms with Gasteiger partial charge in [-0.2, -0.15) is 0 Å². The van der Waals surface area contributed by atoms with Crippen LogP contribution < -0.4 is 3.58 Å². The Morgan fingerprint density at radius 1 is 0.846 bits per heavy atom. The van der Waals surface area contributed by atoms with Gasteiger partial charge in [0.2, 0.25) is 0 Å². The van der Waals surface area contributed by atoms with E-state index in [1.807, 2.05) is 0 Å². The Kier molecular flexibility index (Phi) is 2.58. The van der Waals surface area contributed by atoms with E-state index in [-0.39, 0.29) is 0 Å². The molecule has 0 aliphatic heterocycles. The third-order valence-corrected chi connectivity index (χ3v) is 6.65. The summed E-state index contributed by atoms with van der Waals surface area (Å²) in [4.78, 5) is 4.87. The van der Waals surface area contributed by atoms with Gasteiger partial charge >= 0.3 is 86.5 Å². The van der Waals surface area contributed by atoms with Gasteiger partial charge in [0.05, 0.1) is 0 Å². The molecule has 65 valence electrons. The Balaban J connectivity index is 2.76. The Bertz CT molecular complexity index is 413. The Labute approximate surface area is 86.3 Å². The molecule has 2 rings (SSSR count). The molecule has 0 aromatic heterocycles. The van der Waals surface area contributed by atoms with Gasteiger partial charge in [-0.15, -0.1) is 0 Å². The van der Waals surface area contributed by atoms with Crippen LogP contribution in [-0.2, 0) is 0 Å². The molecule has 0 fully saturated rings. The number of benzene rings is 2. The van der Waals surface area contributed by atoms with Crippen LogP contribution in [0.5, 0.6) is 0 Å². The summed E-state index contributed by atoms with van der Waals surface area (Å²) in [7, 11) is 0. The van der Waals surface area contributed by atoms with Gasteiger partial charge in [0, 0.05) is 0 Å². The van der Waals surface area contributed by atoms with E-state index in [1.165, 1.54) is 10.8 Å². The van der Waals surface area contributed by atoms with E-state index in [2.05, 4.69) is 52.3 Å². The molecular formula is C12H13Sn. The second-order valence-electron chi connectivity index (χ2n) is 3.53. The van der Waals surface area contributed by atoms with Crippen LogP contribution in [0.3, 0.4) is 0 Å². The molecule has 0 aliphatic carbocycles. The SMILES string of the molecule is [CH3][Sn]([CH3])[c]1cccc2ccccc12. The van der Waals surface area contributed by atoms with Crippen molar-refractivity contribution in [3.05, 3.63) is 42.5 Å². The normalized spacial score (nSPS) is 11.0. The molecular weight excluding hydrogens is 263 g/mol. The molecule has 0 heterocycles. The first-order valence-electron chi connectivity index (χ1n) is 4.57. The summed E-state index contributed by atoms with van der Waals surface area (Å²) in [5.41, 5.74) is 0. The minimum atomic E-state index is -1.21. The van der Waals surface area contributed by atoms with Gasteiger partial charge in [0.25, 0.3) is 0 Å². The van der Waals surface area contributed by atoms with E-state index in [0.717, 1.165) is 0 Å². The van der Waals surface area contributed by atoms with Crippen molar-refractivity contribution in [1.29, 1.82) is 0 Å². The second-order valence-corrected chi connectivity index (χ2v) is 10.8. The van der Waals surface area contributed by atoms with E-state index >= 15 is 0 Å². The van der Waals surface area contributed by atoms with Gasteiger partial charge in [0.1, 0.15) is 0 Å². The number of hydrogen-bond acceptors (Lipinski definition) is 0. The Morgan fingerprint density at radius 2 is 1.54 bits per heavy atom. The van der Waals surface area contributed by atoms with E-state index in [4.69, 9.17) is 0 Å². The zero-order chi connectivity index (χ0) is 9.26. The van der Waals surface area contributed by atoms with Crippen molar-refractivity contribution in [2.75, 3.05) is 0 Å². The van der Waals surface area contributed by atoms with Crippen molar-refractivity contribution in [2.24, 2.45) is 0 Å². The molecule has 2 aromatic carbocycles. The summed E-state index contributed by atoms with van der Waals surface area (Å²) in [6, 6.07) is 15.4. The molecule has 0 saturated carbocycles. The minimum absolute atomic E-state index is 1.21. The van der Waals surface area contributed by atoms with Gasteiger partial charge in [-0.3, -0.25) is 0 Å². The number of hydrogen-bond donors (Lipinski definition) is 0. The molecule has 0 unspecified atom stereocenters. The van der Waals surface area contributed by atoms with Crippen LogP contribution in [-0.4, -0.2) is 19.8 Å². The third kappa shape index (κ3) is 1.73. The predicted molar refractivity (Wildman–Crippen MR) is 61.1 cm³/mol. The van der Waals surface area contributed by atoms with Gasteiger partial charge in [-0.1, -0.05) is 0 Å². The zero-order valence-corrected chi connectivity index (χ0v) is 10.9. The van der Waals surface area contributed by atoms with E-state index in [9.17, 15) is 0 Å². The van der Waals surface area contributed by atoms with Gasteiger partial charge in [-0.05, 0) is 0 Å². The van der Waals surface area contributed by atoms with E-state index < -0.39 is 19.8 Å². The maximum absolute atomic E-state index is 2.43. The second kappa shape index (κ2) is 3.70. The van der Waals surface area contributed by atoms with Crippen molar-refractivity contribution < 1.29 is 0 Å². The molecule has 2 aromatic rings. The average molecular weight is 276 g/mol. The molecule has 1 radical (unpaired) electrons. The molecule has 0 bridgehead atoms. The van der Waals surface area contributed by atoms with Crippen LogP contribution in [0.4, 0.5) is 0 Å². The molecule has 0 aliphatic rings. The van der Waals surface area contributed by atoms with E-state index in [1.54, 1.807) is 3.58 Å². The first-order chi connectivity index (χ1) is 6.29. The summed E-state index contributed by atoms with van der Waals surface area (Å²) in [6.45, 7) is 0. The molecule has 0 nitrogen and oxygen atoms in total. The average Bonchev–Trinajstić information content (AvgIpc) is 2.17. The van der Waals surface area contributed by atoms with Gasteiger partial charge < -0.3 is 0 Å². The van der Waals surface area contributed by atoms with Crippen LogP contribution in [0.1, 0.15) is 0 Å². The maximum atomic E-state index is 2.43. The van der Waals surface area contributed by atoms with Crippen LogP contribution in [0.15, 0.2) is 42.5 Å². The standard InChI is InChI=1S/C10H7.2CH3.Sn/c1-2-6-10-8-4-3-7-9(10)5-1;;;/h1-7H;2*1H3;. The predicted octanol–water partition coefficient (Wildman–Crippen LogP) is 2.80. The Morgan fingerprint density at radius 3 is 2.31 bits per heavy atom. The molecule has 0 atom stereocenters.